The van der Waals surface area contributed by atoms with Gasteiger partial charge in [-0.05, 0) is 41.5 Å². The van der Waals surface area contributed by atoms with Crippen LogP contribution in [-0.4, -0.2) is 13.1 Å². The van der Waals surface area contributed by atoms with E-state index in [-0.39, 0.29) is 5.97 Å². The molecule has 94 valence electrons. The molecule has 0 amide bonds. The van der Waals surface area contributed by atoms with Gasteiger partial charge in [-0.25, -0.2) is 0 Å². The summed E-state index contributed by atoms with van der Waals surface area (Å²) in [7, 11) is 1.64. The lowest BCUT2D eigenvalue weighted by Gasteiger charge is -2.06. The van der Waals surface area contributed by atoms with Gasteiger partial charge in [0.05, 0.1) is 7.11 Å². The van der Waals surface area contributed by atoms with Crippen molar-refractivity contribution in [2.24, 2.45) is 0 Å². The molecule has 0 aromatic heterocycles. The summed E-state index contributed by atoms with van der Waals surface area (Å²) in [4.78, 5) is 11.4. The zero-order valence-corrected chi connectivity index (χ0v) is 10.6. The molecule has 0 aliphatic carbocycles. The molecule has 0 bridgehead atoms. The van der Waals surface area contributed by atoms with Gasteiger partial charge >= 0.3 is 5.97 Å². The molecule has 0 aliphatic heterocycles. The molecule has 0 atom stereocenters. The Labute approximate surface area is 106 Å². The van der Waals surface area contributed by atoms with E-state index in [1.165, 1.54) is 0 Å². The average molecular weight is 244 g/mol. The lowest BCUT2D eigenvalue weighted by atomic mass is 10.1. The number of methoxy groups -OCH3 is 1. The van der Waals surface area contributed by atoms with Crippen molar-refractivity contribution in [1.82, 2.24) is 0 Å². The van der Waals surface area contributed by atoms with Gasteiger partial charge in [-0.2, -0.15) is 0 Å². The number of carbonyl (C=O) groups excluding carboxylic acids is 1. The Hall–Kier alpha value is -2.03. The Kier molecular flexibility index (Phi) is 3.82. The number of ether oxygens (including phenoxy) is 2. The zero-order valence-electron chi connectivity index (χ0n) is 10.6. The van der Waals surface area contributed by atoms with Crippen LogP contribution >= 0.6 is 0 Å². The molecule has 0 unspecified atom stereocenters. The molecular weight excluding hydrogens is 228 g/mol. The van der Waals surface area contributed by atoms with Gasteiger partial charge in [0.25, 0.3) is 0 Å². The summed E-state index contributed by atoms with van der Waals surface area (Å²) in [6.45, 7) is 1.95. The Morgan fingerprint density at radius 3 is 2.28 bits per heavy atom. The molecule has 3 nitrogen and oxygen atoms in total. The van der Waals surface area contributed by atoms with Gasteiger partial charge in [0.2, 0.25) is 0 Å². The van der Waals surface area contributed by atoms with E-state index in [1.54, 1.807) is 13.2 Å². The Bertz CT molecular complexity index is 561. The largest absolute Gasteiger partial charge is 0.497 e. The zero-order chi connectivity index (χ0) is 13.0. The highest BCUT2D eigenvalue weighted by Gasteiger charge is 2.04. The van der Waals surface area contributed by atoms with Gasteiger partial charge < -0.3 is 9.47 Å². The molecule has 0 spiro atoms. The molecule has 2 aromatic carbocycles. The molecule has 0 heterocycles. The van der Waals surface area contributed by atoms with E-state index in [2.05, 4.69) is 0 Å². The molecule has 0 saturated carbocycles. The number of hydrogen-bond acceptors (Lipinski definition) is 3. The second-order valence-corrected chi connectivity index (χ2v) is 4.10. The van der Waals surface area contributed by atoms with E-state index in [1.807, 2.05) is 37.3 Å². The summed E-state index contributed by atoms with van der Waals surface area (Å²) in [6.07, 6.45) is 1.24. The quantitative estimate of drug-likeness (QED) is 0.609. The van der Waals surface area contributed by atoms with Crippen LogP contribution in [0, 0.1) is 0 Å². The SMILES string of the molecule is CCCC(=O)Oc1ccc2cc(OC)ccc2c1. The van der Waals surface area contributed by atoms with Gasteiger partial charge in [0.15, 0.2) is 0 Å². The second-order valence-electron chi connectivity index (χ2n) is 4.10. The maximum absolute atomic E-state index is 11.4. The third kappa shape index (κ3) is 2.80. The number of hydrogen-bond donors (Lipinski definition) is 0. The molecule has 0 N–H and O–H groups in total. The van der Waals surface area contributed by atoms with Crippen molar-refractivity contribution in [3.63, 3.8) is 0 Å². The first-order valence-electron chi connectivity index (χ1n) is 6.01. The van der Waals surface area contributed by atoms with E-state index in [4.69, 9.17) is 9.47 Å². The predicted octanol–water partition coefficient (Wildman–Crippen LogP) is 3.55. The minimum absolute atomic E-state index is 0.189. The van der Waals surface area contributed by atoms with Crippen molar-refractivity contribution in [2.75, 3.05) is 7.11 Å². The summed E-state index contributed by atoms with van der Waals surface area (Å²) in [5.41, 5.74) is 0. The van der Waals surface area contributed by atoms with E-state index in [0.29, 0.717) is 12.2 Å². The highest BCUT2D eigenvalue weighted by atomic mass is 16.5. The summed E-state index contributed by atoms with van der Waals surface area (Å²) in [5.74, 6) is 1.22. The minimum Gasteiger partial charge on any atom is -0.497 e. The molecule has 3 heteroatoms. The maximum Gasteiger partial charge on any atom is 0.311 e. The Morgan fingerprint density at radius 1 is 1.06 bits per heavy atom. The fourth-order valence-electron chi connectivity index (χ4n) is 1.78. The summed E-state index contributed by atoms with van der Waals surface area (Å²) in [6, 6.07) is 11.4. The van der Waals surface area contributed by atoms with Crippen LogP contribution in [0.1, 0.15) is 19.8 Å². The third-order valence-corrected chi connectivity index (χ3v) is 2.70. The lowest BCUT2D eigenvalue weighted by molar-refractivity contribution is -0.134. The van der Waals surface area contributed by atoms with Crippen LogP contribution in [-0.2, 0) is 4.79 Å². The first-order valence-corrected chi connectivity index (χ1v) is 6.01. The van der Waals surface area contributed by atoms with Crippen molar-refractivity contribution >= 4 is 16.7 Å². The van der Waals surface area contributed by atoms with E-state index >= 15 is 0 Å². The van der Waals surface area contributed by atoms with Crippen molar-refractivity contribution in [3.05, 3.63) is 36.4 Å². The van der Waals surface area contributed by atoms with Gasteiger partial charge in [0.1, 0.15) is 11.5 Å². The number of esters is 1. The number of fused-ring (bicyclic) bond motifs is 1. The van der Waals surface area contributed by atoms with Gasteiger partial charge in [-0.15, -0.1) is 0 Å². The molecule has 0 radical (unpaired) electrons. The van der Waals surface area contributed by atoms with Crippen molar-refractivity contribution in [1.29, 1.82) is 0 Å². The third-order valence-electron chi connectivity index (χ3n) is 2.70. The summed E-state index contributed by atoms with van der Waals surface area (Å²) < 4.78 is 10.4. The predicted molar refractivity (Wildman–Crippen MR) is 71.0 cm³/mol. The normalized spacial score (nSPS) is 10.3. The molecule has 2 aromatic rings. The van der Waals surface area contributed by atoms with E-state index in [9.17, 15) is 4.79 Å². The van der Waals surface area contributed by atoms with Crippen LogP contribution < -0.4 is 9.47 Å². The van der Waals surface area contributed by atoms with Crippen LogP contribution in [0.25, 0.3) is 10.8 Å². The summed E-state index contributed by atoms with van der Waals surface area (Å²) >= 11 is 0. The number of benzene rings is 2. The molecule has 0 fully saturated rings. The van der Waals surface area contributed by atoms with Crippen LogP contribution in [0.4, 0.5) is 0 Å². The van der Waals surface area contributed by atoms with E-state index in [0.717, 1.165) is 22.9 Å². The second kappa shape index (κ2) is 5.54. The first kappa shape index (κ1) is 12.4. The maximum atomic E-state index is 11.4. The fraction of sp³-hybridized carbons (Fsp3) is 0.267. The van der Waals surface area contributed by atoms with Crippen LogP contribution in [0.15, 0.2) is 36.4 Å². The molecule has 0 saturated heterocycles. The smallest absolute Gasteiger partial charge is 0.311 e. The van der Waals surface area contributed by atoms with Crippen LogP contribution in [0.3, 0.4) is 0 Å². The highest BCUT2D eigenvalue weighted by molar-refractivity contribution is 5.86. The lowest BCUT2D eigenvalue weighted by Crippen LogP contribution is -2.06. The van der Waals surface area contributed by atoms with Crippen molar-refractivity contribution < 1.29 is 14.3 Å². The van der Waals surface area contributed by atoms with Gasteiger partial charge in [-0.3, -0.25) is 4.79 Å². The molecule has 2 rings (SSSR count). The number of rotatable bonds is 4. The molecule has 0 aliphatic rings. The van der Waals surface area contributed by atoms with Crippen LogP contribution in [0.2, 0.25) is 0 Å². The standard InChI is InChI=1S/C15H16O3/c1-3-4-15(16)18-14-8-6-11-9-13(17-2)7-5-12(11)10-14/h5-10H,3-4H2,1-2H3. The summed E-state index contributed by atoms with van der Waals surface area (Å²) in [5, 5.41) is 2.09. The Morgan fingerprint density at radius 2 is 1.67 bits per heavy atom. The van der Waals surface area contributed by atoms with Crippen molar-refractivity contribution in [3.8, 4) is 11.5 Å². The highest BCUT2D eigenvalue weighted by Crippen LogP contribution is 2.25. The molecule has 18 heavy (non-hydrogen) atoms. The number of carbonyl (C=O) groups is 1. The average Bonchev–Trinajstić information content (AvgIpc) is 2.38. The van der Waals surface area contributed by atoms with Gasteiger partial charge in [-0.1, -0.05) is 19.1 Å². The molecular formula is C15H16O3. The fourth-order valence-corrected chi connectivity index (χ4v) is 1.78. The van der Waals surface area contributed by atoms with Crippen LogP contribution in [0.5, 0.6) is 11.5 Å². The first-order chi connectivity index (χ1) is 8.72. The van der Waals surface area contributed by atoms with E-state index < -0.39 is 0 Å². The topological polar surface area (TPSA) is 35.5 Å². The minimum atomic E-state index is -0.189. The monoisotopic (exact) mass is 244 g/mol. The van der Waals surface area contributed by atoms with Gasteiger partial charge in [0, 0.05) is 6.42 Å². The Balaban J connectivity index is 2.25. The van der Waals surface area contributed by atoms with Crippen molar-refractivity contribution in [2.45, 2.75) is 19.8 Å².